The van der Waals surface area contributed by atoms with Crippen LogP contribution in [0, 0.1) is 0 Å². The highest BCUT2D eigenvalue weighted by atomic mass is 35.5. The second kappa shape index (κ2) is 13.7. The van der Waals surface area contributed by atoms with E-state index in [1.165, 1.54) is 11.5 Å². The third-order valence-electron chi connectivity index (χ3n) is 6.08. The lowest BCUT2D eigenvalue weighted by Crippen LogP contribution is -2.61. The van der Waals surface area contributed by atoms with Crippen molar-refractivity contribution in [3.63, 3.8) is 0 Å². The summed E-state index contributed by atoms with van der Waals surface area (Å²) in [5.74, 6) is -0.0894. The number of imidazole rings is 1. The molecule has 1 aliphatic heterocycles. The molecule has 0 radical (unpaired) electrons. The molecule has 17 heteroatoms. The van der Waals surface area contributed by atoms with Crippen LogP contribution < -0.4 is 10.2 Å². The molecule has 12 nitrogen and oxygen atoms in total. The number of hydroxylamine groups is 1. The lowest BCUT2D eigenvalue weighted by molar-refractivity contribution is -0.134. The maximum atomic E-state index is 13.6. The number of aromatic amines is 1. The van der Waals surface area contributed by atoms with E-state index in [1.54, 1.807) is 30.6 Å². The fourth-order valence-corrected chi connectivity index (χ4v) is 9.51. The number of carbonyl (C=O) groups excluding carboxylic acids is 1. The molecule has 0 aliphatic carbocycles. The minimum absolute atomic E-state index is 0. The zero-order valence-electron chi connectivity index (χ0n) is 21.3. The number of hydrogen-bond donors (Lipinski definition) is 4. The molecule has 40 heavy (non-hydrogen) atoms. The third kappa shape index (κ3) is 7.36. The van der Waals surface area contributed by atoms with Gasteiger partial charge in [0.25, 0.3) is 15.9 Å². The Hall–Kier alpha value is -2.18. The van der Waals surface area contributed by atoms with Crippen molar-refractivity contribution < 1.29 is 31.6 Å². The predicted molar refractivity (Wildman–Crippen MR) is 156 cm³/mol. The molecule has 3 heterocycles. The molecule has 2 aromatic heterocycles. The van der Waals surface area contributed by atoms with Gasteiger partial charge in [-0.05, 0) is 48.9 Å². The second-order valence-electron chi connectivity index (χ2n) is 8.71. The smallest absolute Gasteiger partial charge is 0.263 e. The van der Waals surface area contributed by atoms with Gasteiger partial charge in [-0.15, -0.1) is 23.7 Å². The fourth-order valence-electron chi connectivity index (χ4n) is 4.22. The number of thiophene rings is 1. The zero-order chi connectivity index (χ0) is 28.2. The van der Waals surface area contributed by atoms with Crippen LogP contribution in [0.15, 0.2) is 53.0 Å². The predicted octanol–water partition coefficient (Wildman–Crippen LogP) is 2.01. The number of amides is 1. The largest absolute Gasteiger partial charge is 0.494 e. The van der Waals surface area contributed by atoms with Crippen LogP contribution in [0.2, 0.25) is 0 Å². The van der Waals surface area contributed by atoms with E-state index < -0.39 is 43.8 Å². The van der Waals surface area contributed by atoms with Crippen LogP contribution >= 0.6 is 36.4 Å². The molecule has 0 spiro atoms. The number of benzene rings is 1. The highest BCUT2D eigenvalue weighted by Crippen LogP contribution is 2.34. The van der Waals surface area contributed by atoms with Gasteiger partial charge in [-0.25, -0.2) is 27.3 Å². The topological polar surface area (TPSA) is 162 Å². The molecule has 1 saturated heterocycles. The maximum Gasteiger partial charge on any atom is 0.263 e. The number of carbonyl (C=O) groups is 1. The van der Waals surface area contributed by atoms with E-state index in [-0.39, 0.29) is 41.9 Å². The Labute approximate surface area is 248 Å². The molecule has 4 rings (SSSR count). The van der Waals surface area contributed by atoms with Crippen LogP contribution in [0.4, 0.5) is 0 Å². The van der Waals surface area contributed by atoms with Gasteiger partial charge in [0.1, 0.15) is 21.8 Å². The summed E-state index contributed by atoms with van der Waals surface area (Å²) in [6.45, 7) is 1.52. The summed E-state index contributed by atoms with van der Waals surface area (Å²) < 4.78 is 60.8. The van der Waals surface area contributed by atoms with Gasteiger partial charge in [-0.2, -0.15) is 21.2 Å². The van der Waals surface area contributed by atoms with Crippen molar-refractivity contribution in [3.8, 4) is 16.2 Å². The Morgan fingerprint density at radius 2 is 1.95 bits per heavy atom. The molecule has 1 amide bonds. The third-order valence-corrected chi connectivity index (χ3v) is 12.1. The number of hydrogen-bond acceptors (Lipinski definition) is 10. The molecule has 0 saturated carbocycles. The second-order valence-corrected chi connectivity index (χ2v) is 14.7. The van der Waals surface area contributed by atoms with Crippen molar-refractivity contribution in [2.24, 2.45) is 0 Å². The van der Waals surface area contributed by atoms with Crippen LogP contribution in [0.3, 0.4) is 0 Å². The normalized spacial score (nSPS) is 17.6. The summed E-state index contributed by atoms with van der Waals surface area (Å²) in [6.07, 6.45) is 3.45. The average Bonchev–Trinajstić information content (AvgIpc) is 3.61. The van der Waals surface area contributed by atoms with Gasteiger partial charge in [-0.1, -0.05) is 0 Å². The lowest BCUT2D eigenvalue weighted by Gasteiger charge is -2.38. The van der Waals surface area contributed by atoms with Crippen molar-refractivity contribution in [1.82, 2.24) is 24.1 Å². The molecular formula is C23H30ClN5O7S4. The van der Waals surface area contributed by atoms with Gasteiger partial charge in [0, 0.05) is 48.6 Å². The van der Waals surface area contributed by atoms with E-state index in [4.69, 9.17) is 4.74 Å². The van der Waals surface area contributed by atoms with Crippen LogP contribution in [0.5, 0.6) is 5.75 Å². The number of nitrogens with one attached hydrogen (secondary N) is 2. The number of halogens is 1. The fraction of sp³-hybridized carbons (Fsp3) is 0.391. The number of aromatic nitrogens is 2. The van der Waals surface area contributed by atoms with Gasteiger partial charge in [-0.3, -0.25) is 10.0 Å². The first-order chi connectivity index (χ1) is 18.5. The standard InChI is InChI=1S/C23H29N5O7S4.ClH/c1-2-35-17-5-3-16(4-6-17)20-7-8-22(37-20)39(33,34)28-12-11-27(14-19(28)23(29)26-30)38(31,32)15-18(36)13-21-24-9-10-25-21;/h3-10,18-19,30,36H,2,11-15H2,1H3,(H,24,25)(H,26,29);1H/t18?,19-;/m1./s1. The van der Waals surface area contributed by atoms with Crippen molar-refractivity contribution >= 4 is 62.3 Å². The Balaban J connectivity index is 0.00000441. The molecule has 2 atom stereocenters. The Bertz CT molecular complexity index is 1480. The molecule has 1 aromatic carbocycles. The summed E-state index contributed by atoms with van der Waals surface area (Å²) in [7, 11) is -8.10. The summed E-state index contributed by atoms with van der Waals surface area (Å²) in [4.78, 5) is 20.2. The molecule has 0 bridgehead atoms. The molecule has 3 aromatic rings. The van der Waals surface area contributed by atoms with Crippen molar-refractivity contribution in [3.05, 3.63) is 54.6 Å². The van der Waals surface area contributed by atoms with Crippen molar-refractivity contribution in [2.75, 3.05) is 32.0 Å². The summed E-state index contributed by atoms with van der Waals surface area (Å²) in [6, 6.07) is 8.86. The van der Waals surface area contributed by atoms with Gasteiger partial charge >= 0.3 is 0 Å². The number of piperazine rings is 1. The monoisotopic (exact) mass is 651 g/mol. The van der Waals surface area contributed by atoms with Crippen LogP contribution in [0.25, 0.3) is 10.4 Å². The SMILES string of the molecule is CCOc1ccc(-c2ccc(S(=O)(=O)N3CCN(S(=O)(=O)CC(S)Cc4ncc[nH]4)C[C@@H]3C(=O)NO)s2)cc1.Cl. The highest BCUT2D eigenvalue weighted by molar-refractivity contribution is 7.91. The summed E-state index contributed by atoms with van der Waals surface area (Å²) in [5.41, 5.74) is 2.27. The molecule has 220 valence electrons. The van der Waals surface area contributed by atoms with E-state index in [1.807, 2.05) is 19.1 Å². The molecule has 1 aliphatic rings. The first-order valence-corrected chi connectivity index (χ1v) is 16.4. The Morgan fingerprint density at radius 3 is 2.58 bits per heavy atom. The molecular weight excluding hydrogens is 622 g/mol. The average molecular weight is 652 g/mol. The number of H-pyrrole nitrogens is 1. The summed E-state index contributed by atoms with van der Waals surface area (Å²) >= 11 is 5.40. The maximum absolute atomic E-state index is 13.6. The van der Waals surface area contributed by atoms with Crippen molar-refractivity contribution in [2.45, 2.75) is 28.8 Å². The van der Waals surface area contributed by atoms with Gasteiger partial charge in [0.15, 0.2) is 0 Å². The van der Waals surface area contributed by atoms with Crippen LogP contribution in [-0.4, -0.2) is 89.8 Å². The number of sulfonamides is 2. The van der Waals surface area contributed by atoms with Crippen molar-refractivity contribution in [1.29, 1.82) is 0 Å². The van der Waals surface area contributed by atoms with E-state index in [2.05, 4.69) is 22.6 Å². The quantitative estimate of drug-likeness (QED) is 0.139. The van der Waals surface area contributed by atoms with Crippen LogP contribution in [0.1, 0.15) is 12.7 Å². The van der Waals surface area contributed by atoms with E-state index >= 15 is 0 Å². The van der Waals surface area contributed by atoms with E-state index in [0.717, 1.165) is 25.5 Å². The number of nitrogens with zero attached hydrogens (tertiary/aromatic N) is 3. The lowest BCUT2D eigenvalue weighted by atomic mass is 10.2. The Morgan fingerprint density at radius 1 is 1.23 bits per heavy atom. The van der Waals surface area contributed by atoms with Gasteiger partial charge in [0.2, 0.25) is 10.0 Å². The molecule has 3 N–H and O–H groups in total. The van der Waals surface area contributed by atoms with E-state index in [0.29, 0.717) is 23.1 Å². The number of thiol groups is 1. The number of ether oxygens (including phenoxy) is 1. The van der Waals surface area contributed by atoms with Crippen LogP contribution in [-0.2, 0) is 31.3 Å². The Kier molecular flexibility index (Phi) is 11.0. The molecule has 1 unspecified atom stereocenters. The van der Waals surface area contributed by atoms with Gasteiger partial charge in [0.05, 0.1) is 12.4 Å². The van der Waals surface area contributed by atoms with E-state index in [9.17, 15) is 26.8 Å². The zero-order valence-corrected chi connectivity index (χ0v) is 25.5. The molecule has 1 fully saturated rings. The minimum atomic E-state index is -4.19. The minimum Gasteiger partial charge on any atom is -0.494 e. The first kappa shape index (κ1) is 32.3. The number of rotatable bonds is 11. The van der Waals surface area contributed by atoms with Gasteiger partial charge < -0.3 is 9.72 Å². The first-order valence-electron chi connectivity index (χ1n) is 12.0. The highest BCUT2D eigenvalue weighted by Gasteiger charge is 2.43. The summed E-state index contributed by atoms with van der Waals surface area (Å²) in [5, 5.41) is 8.73.